The Hall–Kier alpha value is -1.82. The summed E-state index contributed by atoms with van der Waals surface area (Å²) in [7, 11) is 0. The molecule has 0 fully saturated rings. The maximum absolute atomic E-state index is 12.2. The predicted molar refractivity (Wildman–Crippen MR) is 87.3 cm³/mol. The van der Waals surface area contributed by atoms with E-state index in [4.69, 9.17) is 34.8 Å². The van der Waals surface area contributed by atoms with Crippen LogP contribution in [-0.4, -0.2) is 10.8 Å². The Kier molecular flexibility index (Phi) is 4.90. The Labute approximate surface area is 140 Å². The fourth-order valence-electron chi connectivity index (χ4n) is 1.78. The van der Waals surface area contributed by atoms with Crippen molar-refractivity contribution in [3.8, 4) is 0 Å². The molecule has 2 rings (SSSR count). The van der Waals surface area contributed by atoms with Gasteiger partial charge >= 0.3 is 0 Å². The third-order valence-electron chi connectivity index (χ3n) is 2.92. The molecule has 0 bridgehead atoms. The van der Waals surface area contributed by atoms with E-state index in [1.807, 2.05) is 0 Å². The molecule has 5 nitrogen and oxygen atoms in total. The zero-order valence-corrected chi connectivity index (χ0v) is 13.5. The smallest absolute Gasteiger partial charge is 0.274 e. The van der Waals surface area contributed by atoms with Crippen molar-refractivity contribution in [3.63, 3.8) is 0 Å². The van der Waals surface area contributed by atoms with E-state index >= 15 is 0 Å². The summed E-state index contributed by atoms with van der Waals surface area (Å²) in [5, 5.41) is 14.0. The van der Waals surface area contributed by atoms with Crippen molar-refractivity contribution in [2.75, 3.05) is 5.32 Å². The number of carbonyl (C=O) groups excluding carboxylic acids is 1. The van der Waals surface area contributed by atoms with Gasteiger partial charge in [-0.25, -0.2) is 0 Å². The molecule has 0 unspecified atom stereocenters. The summed E-state index contributed by atoms with van der Waals surface area (Å²) in [6, 6.07) is 7.08. The largest absolute Gasteiger partial charge is 0.322 e. The summed E-state index contributed by atoms with van der Waals surface area (Å²) < 4.78 is 0. The van der Waals surface area contributed by atoms with Crippen LogP contribution in [0.1, 0.15) is 15.9 Å². The van der Waals surface area contributed by atoms with Crippen molar-refractivity contribution in [2.45, 2.75) is 6.92 Å². The average Bonchev–Trinajstić information content (AvgIpc) is 2.44. The molecular weight excluding hydrogens is 351 g/mol. The normalized spacial score (nSPS) is 10.4. The molecule has 0 heterocycles. The van der Waals surface area contributed by atoms with E-state index in [1.165, 1.54) is 18.2 Å². The Bertz CT molecular complexity index is 778. The topological polar surface area (TPSA) is 72.2 Å². The van der Waals surface area contributed by atoms with E-state index in [1.54, 1.807) is 19.1 Å². The number of hydrogen-bond acceptors (Lipinski definition) is 3. The zero-order valence-electron chi connectivity index (χ0n) is 11.2. The van der Waals surface area contributed by atoms with Crippen LogP contribution in [0.2, 0.25) is 15.1 Å². The van der Waals surface area contributed by atoms with Crippen LogP contribution in [0, 0.1) is 17.0 Å². The number of nitrogens with one attached hydrogen (secondary N) is 1. The molecule has 0 saturated carbocycles. The molecule has 0 aliphatic heterocycles. The van der Waals surface area contributed by atoms with Crippen LogP contribution in [0.3, 0.4) is 0 Å². The first-order valence-corrected chi connectivity index (χ1v) is 7.14. The number of benzene rings is 2. The number of halogens is 3. The summed E-state index contributed by atoms with van der Waals surface area (Å²) in [5.74, 6) is -0.540. The first kappa shape index (κ1) is 16.5. The quantitative estimate of drug-likeness (QED) is 0.470. The fourth-order valence-corrected chi connectivity index (χ4v) is 2.41. The maximum Gasteiger partial charge on any atom is 0.274 e. The highest BCUT2D eigenvalue weighted by atomic mass is 35.5. The highest BCUT2D eigenvalue weighted by Crippen LogP contribution is 2.30. The molecule has 8 heteroatoms. The van der Waals surface area contributed by atoms with Crippen LogP contribution in [0.15, 0.2) is 30.3 Å². The van der Waals surface area contributed by atoms with Gasteiger partial charge in [0.2, 0.25) is 0 Å². The molecule has 2 aromatic rings. The second kappa shape index (κ2) is 6.52. The van der Waals surface area contributed by atoms with Crippen LogP contribution in [0.25, 0.3) is 0 Å². The summed E-state index contributed by atoms with van der Waals surface area (Å²) in [4.78, 5) is 22.6. The monoisotopic (exact) mass is 358 g/mol. The molecule has 22 heavy (non-hydrogen) atoms. The Balaban J connectivity index is 2.32. The highest BCUT2D eigenvalue weighted by Gasteiger charge is 2.16. The van der Waals surface area contributed by atoms with Gasteiger partial charge in [0.25, 0.3) is 11.6 Å². The lowest BCUT2D eigenvalue weighted by molar-refractivity contribution is -0.385. The fraction of sp³-hybridized carbons (Fsp3) is 0.0714. The van der Waals surface area contributed by atoms with Gasteiger partial charge < -0.3 is 5.32 Å². The number of rotatable bonds is 3. The zero-order chi connectivity index (χ0) is 16.4. The van der Waals surface area contributed by atoms with E-state index in [2.05, 4.69) is 5.32 Å². The number of nitrogens with zero attached hydrogens (tertiary/aromatic N) is 1. The van der Waals surface area contributed by atoms with Gasteiger partial charge in [-0.2, -0.15) is 0 Å². The minimum atomic E-state index is -0.540. The van der Waals surface area contributed by atoms with E-state index < -0.39 is 10.8 Å². The molecule has 0 radical (unpaired) electrons. The lowest BCUT2D eigenvalue weighted by Gasteiger charge is -2.08. The van der Waals surface area contributed by atoms with Crippen molar-refractivity contribution >= 4 is 52.1 Å². The van der Waals surface area contributed by atoms with Crippen molar-refractivity contribution in [2.24, 2.45) is 0 Å². The lowest BCUT2D eigenvalue weighted by Crippen LogP contribution is -2.13. The molecule has 0 saturated heterocycles. The third kappa shape index (κ3) is 3.50. The molecule has 1 amide bonds. The summed E-state index contributed by atoms with van der Waals surface area (Å²) in [6.45, 7) is 1.61. The van der Waals surface area contributed by atoms with Gasteiger partial charge in [0, 0.05) is 17.3 Å². The van der Waals surface area contributed by atoms with Gasteiger partial charge in [0.15, 0.2) is 0 Å². The summed E-state index contributed by atoms with van der Waals surface area (Å²) in [6.07, 6.45) is 0. The minimum Gasteiger partial charge on any atom is -0.322 e. The van der Waals surface area contributed by atoms with Crippen LogP contribution < -0.4 is 5.32 Å². The Morgan fingerprint density at radius 3 is 2.36 bits per heavy atom. The van der Waals surface area contributed by atoms with Crippen LogP contribution >= 0.6 is 34.8 Å². The first-order valence-electron chi connectivity index (χ1n) is 6.00. The number of anilines is 1. The lowest BCUT2D eigenvalue weighted by atomic mass is 10.1. The standard InChI is InChI=1S/C14H9Cl3N2O3/c1-7-2-3-8(4-13(7)19(21)22)18-14(20)9-5-11(16)12(17)6-10(9)15/h2-6H,1H3,(H,18,20). The van der Waals surface area contributed by atoms with Crippen LogP contribution in [0.5, 0.6) is 0 Å². The Morgan fingerprint density at radius 2 is 1.73 bits per heavy atom. The van der Waals surface area contributed by atoms with Gasteiger partial charge in [-0.05, 0) is 25.1 Å². The van der Waals surface area contributed by atoms with E-state index in [-0.39, 0.29) is 32.0 Å². The number of nitro benzene ring substituents is 1. The number of aryl methyl sites for hydroxylation is 1. The molecule has 0 atom stereocenters. The van der Waals surface area contributed by atoms with Gasteiger partial charge in [0.05, 0.1) is 25.6 Å². The molecule has 1 N–H and O–H groups in total. The van der Waals surface area contributed by atoms with Crippen LogP contribution in [-0.2, 0) is 0 Å². The van der Waals surface area contributed by atoms with Gasteiger partial charge in [-0.15, -0.1) is 0 Å². The van der Waals surface area contributed by atoms with Crippen molar-refractivity contribution in [1.82, 2.24) is 0 Å². The third-order valence-corrected chi connectivity index (χ3v) is 3.95. The molecule has 0 aliphatic rings. The van der Waals surface area contributed by atoms with Crippen LogP contribution in [0.4, 0.5) is 11.4 Å². The van der Waals surface area contributed by atoms with Crippen molar-refractivity contribution < 1.29 is 9.72 Å². The summed E-state index contributed by atoms with van der Waals surface area (Å²) in [5.41, 5.74) is 0.817. The van der Waals surface area contributed by atoms with E-state index in [0.29, 0.717) is 5.56 Å². The molecular formula is C14H9Cl3N2O3. The maximum atomic E-state index is 12.2. The SMILES string of the molecule is Cc1ccc(NC(=O)c2cc(Cl)c(Cl)cc2Cl)cc1[N+](=O)[O-]. The average molecular weight is 360 g/mol. The highest BCUT2D eigenvalue weighted by molar-refractivity contribution is 6.44. The van der Waals surface area contributed by atoms with E-state index in [9.17, 15) is 14.9 Å². The van der Waals surface area contributed by atoms with Gasteiger partial charge in [0.1, 0.15) is 0 Å². The number of carbonyl (C=O) groups is 1. The molecule has 0 spiro atoms. The predicted octanol–water partition coefficient (Wildman–Crippen LogP) is 5.12. The minimum absolute atomic E-state index is 0.0852. The number of hydrogen-bond donors (Lipinski definition) is 1. The van der Waals surface area contributed by atoms with Crippen molar-refractivity contribution in [3.05, 3.63) is 66.6 Å². The molecule has 2 aromatic carbocycles. The second-order valence-electron chi connectivity index (χ2n) is 4.46. The van der Waals surface area contributed by atoms with Gasteiger partial charge in [-0.1, -0.05) is 40.9 Å². The molecule has 0 aromatic heterocycles. The number of nitro groups is 1. The van der Waals surface area contributed by atoms with E-state index in [0.717, 1.165) is 0 Å². The van der Waals surface area contributed by atoms with Crippen molar-refractivity contribution in [1.29, 1.82) is 0 Å². The number of amides is 1. The molecule has 114 valence electrons. The summed E-state index contributed by atoms with van der Waals surface area (Å²) >= 11 is 17.6. The molecule has 0 aliphatic carbocycles. The Morgan fingerprint density at radius 1 is 1.09 bits per heavy atom. The first-order chi connectivity index (χ1) is 10.3. The van der Waals surface area contributed by atoms with Gasteiger partial charge in [-0.3, -0.25) is 14.9 Å². The second-order valence-corrected chi connectivity index (χ2v) is 5.68.